The average molecular weight is 310 g/mol. The topological polar surface area (TPSA) is 66.5 Å². The molecule has 0 aromatic heterocycles. The molecular weight excluding hydrogens is 288 g/mol. The maximum atomic E-state index is 12.6. The lowest BCUT2D eigenvalue weighted by Crippen LogP contribution is -2.34. The van der Waals surface area contributed by atoms with Crippen LogP contribution in [0.5, 0.6) is 0 Å². The number of sulfone groups is 1. The van der Waals surface area contributed by atoms with E-state index in [1.165, 1.54) is 0 Å². The molecule has 1 aromatic carbocycles. The molecule has 0 atom stereocenters. The summed E-state index contributed by atoms with van der Waals surface area (Å²) in [6.45, 7) is 5.55. The van der Waals surface area contributed by atoms with Crippen LogP contribution in [0.15, 0.2) is 18.2 Å². The number of hydrogen-bond acceptors (Lipinski definition) is 4. The summed E-state index contributed by atoms with van der Waals surface area (Å²) in [6.07, 6.45) is 0.516. The van der Waals surface area contributed by atoms with Crippen molar-refractivity contribution >= 4 is 21.4 Å². The highest BCUT2D eigenvalue weighted by atomic mass is 32.2. The van der Waals surface area contributed by atoms with Gasteiger partial charge in [0.25, 0.3) is 5.91 Å². The Morgan fingerprint density at radius 2 is 2.05 bits per heavy atom. The number of nitrogens with zero attached hydrogens (tertiary/aromatic N) is 1. The van der Waals surface area contributed by atoms with Crippen LogP contribution in [0.3, 0.4) is 0 Å². The molecule has 1 aromatic rings. The van der Waals surface area contributed by atoms with E-state index in [-0.39, 0.29) is 24.0 Å². The van der Waals surface area contributed by atoms with Crippen LogP contribution in [0.1, 0.15) is 29.3 Å². The molecule has 0 unspecified atom stereocenters. The molecule has 0 bridgehead atoms. The van der Waals surface area contributed by atoms with Gasteiger partial charge < -0.3 is 10.2 Å². The van der Waals surface area contributed by atoms with E-state index >= 15 is 0 Å². The minimum absolute atomic E-state index is 0.0628. The number of anilines is 1. The van der Waals surface area contributed by atoms with E-state index < -0.39 is 9.84 Å². The number of nitrogens with one attached hydrogen (secondary N) is 1. The van der Waals surface area contributed by atoms with Crippen LogP contribution in [-0.2, 0) is 9.84 Å². The third-order valence-electron chi connectivity index (χ3n) is 3.68. The van der Waals surface area contributed by atoms with Gasteiger partial charge in [-0.3, -0.25) is 4.79 Å². The number of amides is 1. The Balaban J connectivity index is 2.16. The SMILES string of the molecule is CCNc1ccc(C(=O)N2CCCS(=O)(=O)CC2)c(C)c1. The largest absolute Gasteiger partial charge is 0.385 e. The lowest BCUT2D eigenvalue weighted by atomic mass is 10.1. The second-order valence-corrected chi connectivity index (χ2v) is 7.66. The first-order valence-corrected chi connectivity index (χ1v) is 9.09. The van der Waals surface area contributed by atoms with Gasteiger partial charge in [0.1, 0.15) is 0 Å². The van der Waals surface area contributed by atoms with Gasteiger partial charge >= 0.3 is 0 Å². The molecule has 1 amide bonds. The van der Waals surface area contributed by atoms with Crippen molar-refractivity contribution in [1.29, 1.82) is 0 Å². The summed E-state index contributed by atoms with van der Waals surface area (Å²) in [6, 6.07) is 5.65. The smallest absolute Gasteiger partial charge is 0.254 e. The van der Waals surface area contributed by atoms with Gasteiger partial charge in [0.15, 0.2) is 9.84 Å². The summed E-state index contributed by atoms with van der Waals surface area (Å²) >= 11 is 0. The molecule has 1 aliphatic heterocycles. The number of aryl methyl sites for hydroxylation is 1. The number of rotatable bonds is 3. The first-order valence-electron chi connectivity index (χ1n) is 7.27. The molecule has 6 heteroatoms. The molecule has 0 saturated carbocycles. The zero-order valence-corrected chi connectivity index (χ0v) is 13.4. The number of benzene rings is 1. The number of carbonyl (C=O) groups is 1. The molecule has 0 aliphatic carbocycles. The third kappa shape index (κ3) is 3.97. The van der Waals surface area contributed by atoms with Gasteiger partial charge in [-0.1, -0.05) is 0 Å². The van der Waals surface area contributed by atoms with E-state index in [0.29, 0.717) is 18.5 Å². The number of hydrogen-bond donors (Lipinski definition) is 1. The van der Waals surface area contributed by atoms with Crippen molar-refractivity contribution in [2.75, 3.05) is 36.5 Å². The molecule has 116 valence electrons. The molecule has 0 radical (unpaired) electrons. The monoisotopic (exact) mass is 310 g/mol. The van der Waals surface area contributed by atoms with Crippen molar-refractivity contribution in [1.82, 2.24) is 4.90 Å². The van der Waals surface area contributed by atoms with Crippen molar-refractivity contribution < 1.29 is 13.2 Å². The van der Waals surface area contributed by atoms with E-state index in [9.17, 15) is 13.2 Å². The van der Waals surface area contributed by atoms with Crippen molar-refractivity contribution in [3.8, 4) is 0 Å². The molecule has 2 rings (SSSR count). The molecule has 1 saturated heterocycles. The molecule has 1 fully saturated rings. The molecule has 21 heavy (non-hydrogen) atoms. The fourth-order valence-electron chi connectivity index (χ4n) is 2.53. The summed E-state index contributed by atoms with van der Waals surface area (Å²) in [7, 11) is -3.00. The zero-order chi connectivity index (χ0) is 15.5. The molecule has 1 N–H and O–H groups in total. The van der Waals surface area contributed by atoms with E-state index in [1.54, 1.807) is 4.90 Å². The van der Waals surface area contributed by atoms with Crippen molar-refractivity contribution in [3.63, 3.8) is 0 Å². The van der Waals surface area contributed by atoms with Gasteiger partial charge in [-0.15, -0.1) is 0 Å². The maximum absolute atomic E-state index is 12.6. The quantitative estimate of drug-likeness (QED) is 0.922. The van der Waals surface area contributed by atoms with Gasteiger partial charge in [0.2, 0.25) is 0 Å². The standard InChI is InChI=1S/C15H22N2O3S/c1-3-16-13-5-6-14(12(2)11-13)15(18)17-7-4-9-21(19,20)10-8-17/h5-6,11,16H,3-4,7-10H2,1-2H3. The fourth-order valence-corrected chi connectivity index (χ4v) is 3.80. The minimum Gasteiger partial charge on any atom is -0.385 e. The van der Waals surface area contributed by atoms with E-state index in [2.05, 4.69) is 5.32 Å². The Morgan fingerprint density at radius 3 is 2.71 bits per heavy atom. The van der Waals surface area contributed by atoms with Crippen molar-refractivity contribution in [2.24, 2.45) is 0 Å². The van der Waals surface area contributed by atoms with Gasteiger partial charge in [-0.2, -0.15) is 0 Å². The lowest BCUT2D eigenvalue weighted by Gasteiger charge is -2.21. The Labute approximate surface area is 126 Å². The summed E-state index contributed by atoms with van der Waals surface area (Å²) in [4.78, 5) is 14.2. The highest BCUT2D eigenvalue weighted by Crippen LogP contribution is 2.18. The van der Waals surface area contributed by atoms with Gasteiger partial charge in [-0.05, 0) is 44.0 Å². The predicted molar refractivity (Wildman–Crippen MR) is 84.5 cm³/mol. The molecule has 5 nitrogen and oxygen atoms in total. The minimum atomic E-state index is -3.00. The Morgan fingerprint density at radius 1 is 1.29 bits per heavy atom. The highest BCUT2D eigenvalue weighted by molar-refractivity contribution is 7.91. The average Bonchev–Trinajstić information content (AvgIpc) is 2.60. The normalized spacial score (nSPS) is 18.1. The van der Waals surface area contributed by atoms with Gasteiger partial charge in [-0.25, -0.2) is 8.42 Å². The van der Waals surface area contributed by atoms with E-state index in [4.69, 9.17) is 0 Å². The molecule has 0 spiro atoms. The van der Waals surface area contributed by atoms with Crippen LogP contribution >= 0.6 is 0 Å². The Hall–Kier alpha value is -1.56. The zero-order valence-electron chi connectivity index (χ0n) is 12.6. The lowest BCUT2D eigenvalue weighted by molar-refractivity contribution is 0.0768. The van der Waals surface area contributed by atoms with Gasteiger partial charge in [0.05, 0.1) is 11.5 Å². The second-order valence-electron chi connectivity index (χ2n) is 5.36. The van der Waals surface area contributed by atoms with Crippen LogP contribution < -0.4 is 5.32 Å². The van der Waals surface area contributed by atoms with Crippen LogP contribution in [-0.4, -0.2) is 50.4 Å². The van der Waals surface area contributed by atoms with Crippen molar-refractivity contribution in [2.45, 2.75) is 20.3 Å². The Bertz CT molecular complexity index is 626. The second kappa shape index (κ2) is 6.47. The summed E-state index contributed by atoms with van der Waals surface area (Å²) in [5.74, 6) is 0.162. The number of carbonyl (C=O) groups excluding carboxylic acids is 1. The van der Waals surface area contributed by atoms with E-state index in [0.717, 1.165) is 17.8 Å². The van der Waals surface area contributed by atoms with Crippen LogP contribution in [0, 0.1) is 6.92 Å². The Kier molecular flexibility index (Phi) is 4.88. The summed E-state index contributed by atoms with van der Waals surface area (Å²) < 4.78 is 23.2. The van der Waals surface area contributed by atoms with Crippen LogP contribution in [0.2, 0.25) is 0 Å². The van der Waals surface area contributed by atoms with Crippen molar-refractivity contribution in [3.05, 3.63) is 29.3 Å². The molecule has 1 heterocycles. The van der Waals surface area contributed by atoms with E-state index in [1.807, 2.05) is 32.0 Å². The van der Waals surface area contributed by atoms with Crippen LogP contribution in [0.25, 0.3) is 0 Å². The predicted octanol–water partition coefficient (Wildman–Crippen LogP) is 1.69. The fraction of sp³-hybridized carbons (Fsp3) is 0.533. The first kappa shape index (κ1) is 15.8. The van der Waals surface area contributed by atoms with Gasteiger partial charge in [0, 0.05) is 30.9 Å². The third-order valence-corrected chi connectivity index (χ3v) is 5.40. The first-order chi connectivity index (χ1) is 9.93. The summed E-state index contributed by atoms with van der Waals surface area (Å²) in [5.41, 5.74) is 2.55. The maximum Gasteiger partial charge on any atom is 0.254 e. The molecular formula is C15H22N2O3S. The summed E-state index contributed by atoms with van der Waals surface area (Å²) in [5, 5.41) is 3.21. The molecule has 1 aliphatic rings. The highest BCUT2D eigenvalue weighted by Gasteiger charge is 2.24. The van der Waals surface area contributed by atoms with Crippen LogP contribution in [0.4, 0.5) is 5.69 Å².